The Morgan fingerprint density at radius 2 is 1.88 bits per heavy atom. The summed E-state index contributed by atoms with van der Waals surface area (Å²) in [6.45, 7) is 3.63. The van der Waals surface area contributed by atoms with Crippen LogP contribution in [0, 0.1) is 23.7 Å². The summed E-state index contributed by atoms with van der Waals surface area (Å²) in [4.78, 5) is 15.8. The molecule has 9 heteroatoms. The number of ether oxygens (including phenoxy) is 1. The molecule has 5 aliphatic rings. The van der Waals surface area contributed by atoms with Crippen molar-refractivity contribution in [2.24, 2.45) is 23.7 Å². The third-order valence-electron chi connectivity index (χ3n) is 11.0. The number of aliphatic hydroxyl groups is 1. The van der Waals surface area contributed by atoms with E-state index in [1.54, 1.807) is 19.1 Å². The molecule has 43 heavy (non-hydrogen) atoms. The lowest BCUT2D eigenvalue weighted by Gasteiger charge is -2.45. The van der Waals surface area contributed by atoms with Crippen molar-refractivity contribution >= 4 is 33.2 Å². The Morgan fingerprint density at radius 3 is 2.65 bits per heavy atom. The first-order valence-electron chi connectivity index (χ1n) is 15.8. The molecule has 2 N–H and O–H groups in total. The lowest BCUT2D eigenvalue weighted by molar-refractivity contribution is 0.0455. The fourth-order valence-electron chi connectivity index (χ4n) is 8.13. The van der Waals surface area contributed by atoms with Gasteiger partial charge in [0.1, 0.15) is 5.75 Å². The van der Waals surface area contributed by atoms with E-state index in [4.69, 9.17) is 16.3 Å². The Balaban J connectivity index is 1.28. The number of carbonyl (C=O) groups is 1. The van der Waals surface area contributed by atoms with Gasteiger partial charge in [0.2, 0.25) is 10.0 Å². The van der Waals surface area contributed by atoms with Crippen LogP contribution in [0.15, 0.2) is 48.6 Å². The van der Waals surface area contributed by atoms with Crippen LogP contribution in [0.25, 0.3) is 0 Å². The predicted molar refractivity (Wildman–Crippen MR) is 168 cm³/mol. The highest BCUT2D eigenvalue weighted by Gasteiger charge is 2.45. The maximum absolute atomic E-state index is 13.5. The summed E-state index contributed by atoms with van der Waals surface area (Å²) in [7, 11) is -3.92. The molecule has 0 unspecified atom stereocenters. The third-order valence-corrected chi connectivity index (χ3v) is 13.0. The second kappa shape index (κ2) is 11.1. The lowest BCUT2D eigenvalue weighted by atomic mass is 9.68. The van der Waals surface area contributed by atoms with Gasteiger partial charge in [-0.05, 0) is 123 Å². The number of nitrogens with zero attached hydrogens (tertiary/aromatic N) is 1. The van der Waals surface area contributed by atoms with Crippen LogP contribution < -0.4 is 14.4 Å². The molecule has 1 spiro atoms. The van der Waals surface area contributed by atoms with Crippen molar-refractivity contribution in [1.82, 2.24) is 4.72 Å². The molecule has 2 fully saturated rings. The number of allylic oxidation sites excluding steroid dienone is 1. The maximum Gasteiger partial charge on any atom is 0.264 e. The SMILES string of the molecule is C[C@@H]1[C@@H](C2CC2)C/C=C\[C@H](O)[C@@H]2CC[C@H]2CN2C[C@@]3(CCCc4cc(Cl)ccc43)COc3ccc(cc32)C(=O)NS1(=O)=O. The number of fused-ring (bicyclic) bond motifs is 4. The summed E-state index contributed by atoms with van der Waals surface area (Å²) in [5.41, 5.74) is 3.37. The van der Waals surface area contributed by atoms with Crippen molar-refractivity contribution in [3.63, 3.8) is 0 Å². The quantitative estimate of drug-likeness (QED) is 0.399. The maximum atomic E-state index is 13.5. The molecule has 2 bridgehead atoms. The van der Waals surface area contributed by atoms with Gasteiger partial charge in [0.15, 0.2) is 0 Å². The van der Waals surface area contributed by atoms with Crippen molar-refractivity contribution in [3.8, 4) is 5.75 Å². The first-order valence-corrected chi connectivity index (χ1v) is 17.8. The summed E-state index contributed by atoms with van der Waals surface area (Å²) in [6.07, 6.45) is 10.8. The number of aliphatic hydroxyl groups excluding tert-OH is 1. The fraction of sp³-hybridized carbons (Fsp3) is 0.559. The van der Waals surface area contributed by atoms with Gasteiger partial charge in [0, 0.05) is 29.1 Å². The average Bonchev–Trinajstić information content (AvgIpc) is 3.81. The number of rotatable bonds is 1. The van der Waals surface area contributed by atoms with Crippen LogP contribution >= 0.6 is 11.6 Å². The van der Waals surface area contributed by atoms with Gasteiger partial charge in [-0.3, -0.25) is 4.79 Å². The van der Waals surface area contributed by atoms with E-state index in [1.165, 1.54) is 11.1 Å². The number of sulfonamides is 1. The van der Waals surface area contributed by atoms with Gasteiger partial charge in [-0.2, -0.15) is 0 Å². The summed E-state index contributed by atoms with van der Waals surface area (Å²) in [5.74, 6) is 0.735. The van der Waals surface area contributed by atoms with E-state index in [2.05, 4.69) is 21.8 Å². The summed E-state index contributed by atoms with van der Waals surface area (Å²) in [6, 6.07) is 11.5. The highest BCUT2D eigenvalue weighted by Crippen LogP contribution is 2.47. The zero-order chi connectivity index (χ0) is 29.9. The molecule has 0 aromatic heterocycles. The number of anilines is 1. The molecular weight excluding hydrogens is 584 g/mol. The molecule has 0 saturated heterocycles. The molecule has 2 saturated carbocycles. The molecule has 2 aliphatic heterocycles. The summed E-state index contributed by atoms with van der Waals surface area (Å²) < 4.78 is 35.9. The molecule has 2 aromatic rings. The van der Waals surface area contributed by atoms with E-state index in [1.807, 2.05) is 24.3 Å². The standard InChI is InChI=1S/C34H41ClN2O5S/c1-21-27(22-7-8-22)5-2-6-31(38)28-12-9-25(28)18-37-19-34(15-3-4-23-16-26(35)11-13-29(23)34)20-42-32-14-10-24(17-30(32)37)33(39)36-43(21,40)41/h2,6,10-11,13-14,16-17,21-22,25,27-28,31,38H,3-5,7-9,12,15,18-20H2,1H3,(H,36,39)/b6-2-/t21-,25+,27+,28-,31+,34+/m1/s1. The number of halogens is 1. The number of nitrogens with one attached hydrogen (secondary N) is 1. The van der Waals surface area contributed by atoms with Gasteiger partial charge < -0.3 is 14.7 Å². The first kappa shape index (κ1) is 29.2. The number of aryl methyl sites for hydroxylation is 1. The van der Waals surface area contributed by atoms with Crippen molar-refractivity contribution < 1.29 is 23.1 Å². The fourth-order valence-corrected chi connectivity index (χ4v) is 9.68. The Bertz CT molecular complexity index is 1560. The zero-order valence-electron chi connectivity index (χ0n) is 24.7. The van der Waals surface area contributed by atoms with Gasteiger partial charge in [-0.25, -0.2) is 13.1 Å². The third kappa shape index (κ3) is 5.48. The van der Waals surface area contributed by atoms with Gasteiger partial charge in [0.05, 0.1) is 23.6 Å². The van der Waals surface area contributed by atoms with Crippen molar-refractivity contribution in [2.45, 2.75) is 75.1 Å². The highest BCUT2D eigenvalue weighted by molar-refractivity contribution is 7.90. The normalized spacial score (nSPS) is 34.5. The highest BCUT2D eigenvalue weighted by atomic mass is 35.5. The smallest absolute Gasteiger partial charge is 0.264 e. The lowest BCUT2D eigenvalue weighted by Crippen LogP contribution is -2.49. The molecule has 230 valence electrons. The predicted octanol–water partition coefficient (Wildman–Crippen LogP) is 5.63. The van der Waals surface area contributed by atoms with Gasteiger partial charge in [-0.1, -0.05) is 29.8 Å². The number of amides is 1. The summed E-state index contributed by atoms with van der Waals surface area (Å²) >= 11 is 6.40. The molecule has 0 radical (unpaired) electrons. The van der Waals surface area contributed by atoms with Crippen LogP contribution in [0.2, 0.25) is 5.02 Å². The van der Waals surface area contributed by atoms with Crippen LogP contribution in [-0.4, -0.2) is 50.5 Å². The second-order valence-corrected chi connectivity index (χ2v) is 16.1. The Hall–Kier alpha value is -2.55. The number of hydrogen-bond donors (Lipinski definition) is 2. The molecule has 2 heterocycles. The molecule has 7 nitrogen and oxygen atoms in total. The van der Waals surface area contributed by atoms with E-state index in [0.717, 1.165) is 62.2 Å². The van der Waals surface area contributed by atoms with Gasteiger partial charge >= 0.3 is 0 Å². The van der Waals surface area contributed by atoms with E-state index >= 15 is 0 Å². The minimum absolute atomic E-state index is 0.0979. The molecule has 2 aromatic carbocycles. The zero-order valence-corrected chi connectivity index (χ0v) is 26.2. The minimum Gasteiger partial charge on any atom is -0.490 e. The first-order chi connectivity index (χ1) is 20.6. The van der Waals surface area contributed by atoms with E-state index in [-0.39, 0.29) is 17.3 Å². The monoisotopic (exact) mass is 624 g/mol. The van der Waals surface area contributed by atoms with E-state index < -0.39 is 27.3 Å². The number of benzene rings is 2. The van der Waals surface area contributed by atoms with E-state index in [0.29, 0.717) is 42.7 Å². The number of carbonyl (C=O) groups excluding carboxylic acids is 1. The number of hydrogen-bond acceptors (Lipinski definition) is 6. The van der Waals surface area contributed by atoms with Crippen LogP contribution in [0.3, 0.4) is 0 Å². The second-order valence-electron chi connectivity index (χ2n) is 13.6. The van der Waals surface area contributed by atoms with Crippen molar-refractivity contribution in [3.05, 3.63) is 70.3 Å². The van der Waals surface area contributed by atoms with Crippen LogP contribution in [-0.2, 0) is 21.9 Å². The Kier molecular flexibility index (Phi) is 7.54. The van der Waals surface area contributed by atoms with Crippen molar-refractivity contribution in [1.29, 1.82) is 0 Å². The topological polar surface area (TPSA) is 95.9 Å². The molecule has 7 rings (SSSR count). The average molecular weight is 625 g/mol. The van der Waals surface area contributed by atoms with Crippen molar-refractivity contribution in [2.75, 3.05) is 24.6 Å². The van der Waals surface area contributed by atoms with Crippen LogP contribution in [0.4, 0.5) is 5.69 Å². The Labute approximate surface area is 259 Å². The summed E-state index contributed by atoms with van der Waals surface area (Å²) in [5, 5.41) is 11.3. The minimum atomic E-state index is -3.92. The van der Waals surface area contributed by atoms with E-state index in [9.17, 15) is 18.3 Å². The molecular formula is C34H41ClN2O5S. The largest absolute Gasteiger partial charge is 0.490 e. The molecule has 3 aliphatic carbocycles. The van der Waals surface area contributed by atoms with Gasteiger partial charge in [-0.15, -0.1) is 0 Å². The van der Waals surface area contributed by atoms with Crippen LogP contribution in [0.1, 0.15) is 73.4 Å². The molecule has 6 atom stereocenters. The van der Waals surface area contributed by atoms with Crippen LogP contribution in [0.5, 0.6) is 5.75 Å². The van der Waals surface area contributed by atoms with Gasteiger partial charge in [0.25, 0.3) is 5.91 Å². The Morgan fingerprint density at radius 1 is 1.07 bits per heavy atom. The molecule has 1 amide bonds.